The molecule has 1 N–H and O–H groups in total. The van der Waals surface area contributed by atoms with Crippen LogP contribution in [0.1, 0.15) is 4.88 Å². The van der Waals surface area contributed by atoms with Gasteiger partial charge in [-0.05, 0) is 31.2 Å². The Labute approximate surface area is 144 Å². The monoisotopic (exact) mass is 364 g/mol. The predicted octanol–water partition coefficient (Wildman–Crippen LogP) is 2.53. The topological polar surface area (TPSA) is 86.1 Å². The molecule has 0 atom stereocenters. The Morgan fingerprint density at radius 2 is 2.17 bits per heavy atom. The van der Waals surface area contributed by atoms with E-state index in [-0.39, 0.29) is 4.21 Å². The van der Waals surface area contributed by atoms with Crippen molar-refractivity contribution < 1.29 is 13.2 Å². The molecule has 0 saturated carbocycles. The number of nitrogens with one attached hydrogen (secondary N) is 1. The minimum Gasteiger partial charge on any atom is -0.492 e. The SMILES string of the molecule is Cc1ccc(S(=O)(=O)Nc2cccc(OCCn3cncn3)c2)s1. The molecule has 0 saturated heterocycles. The molecule has 1 aromatic carbocycles. The number of aryl methyl sites for hydroxylation is 1. The van der Waals surface area contributed by atoms with Gasteiger partial charge in [0.05, 0.1) is 12.2 Å². The van der Waals surface area contributed by atoms with Crippen molar-refractivity contribution in [2.45, 2.75) is 17.7 Å². The zero-order valence-corrected chi connectivity index (χ0v) is 14.5. The number of hydrogen-bond acceptors (Lipinski definition) is 6. The molecule has 3 aromatic rings. The molecule has 9 heteroatoms. The summed E-state index contributed by atoms with van der Waals surface area (Å²) >= 11 is 1.23. The van der Waals surface area contributed by atoms with Gasteiger partial charge in [-0.15, -0.1) is 11.3 Å². The molecule has 126 valence electrons. The Morgan fingerprint density at radius 3 is 2.88 bits per heavy atom. The normalized spacial score (nSPS) is 11.4. The molecule has 0 fully saturated rings. The quantitative estimate of drug-likeness (QED) is 0.696. The summed E-state index contributed by atoms with van der Waals surface area (Å²) in [5.74, 6) is 0.581. The van der Waals surface area contributed by atoms with Crippen LogP contribution in [0.25, 0.3) is 0 Å². The first-order valence-electron chi connectivity index (χ1n) is 7.17. The van der Waals surface area contributed by atoms with Crippen LogP contribution in [0.15, 0.2) is 53.3 Å². The lowest BCUT2D eigenvalue weighted by Crippen LogP contribution is -2.12. The molecule has 0 spiro atoms. The Hall–Kier alpha value is -2.39. The summed E-state index contributed by atoms with van der Waals surface area (Å²) in [6, 6.07) is 10.2. The maximum atomic E-state index is 12.3. The van der Waals surface area contributed by atoms with Gasteiger partial charge < -0.3 is 4.74 Å². The number of sulfonamides is 1. The number of aromatic nitrogens is 3. The van der Waals surface area contributed by atoms with Crippen LogP contribution in [0.5, 0.6) is 5.75 Å². The number of rotatable bonds is 7. The summed E-state index contributed by atoms with van der Waals surface area (Å²) in [5.41, 5.74) is 0.458. The molecule has 0 unspecified atom stereocenters. The largest absolute Gasteiger partial charge is 0.492 e. The summed E-state index contributed by atoms with van der Waals surface area (Å²) in [5, 5.41) is 3.98. The van der Waals surface area contributed by atoms with Gasteiger partial charge in [-0.25, -0.2) is 18.1 Å². The zero-order valence-electron chi connectivity index (χ0n) is 12.9. The fourth-order valence-electron chi connectivity index (χ4n) is 2.02. The van der Waals surface area contributed by atoms with Crippen molar-refractivity contribution in [2.24, 2.45) is 0 Å². The van der Waals surface area contributed by atoms with Gasteiger partial charge in [0.1, 0.15) is 29.2 Å². The van der Waals surface area contributed by atoms with Crippen molar-refractivity contribution in [1.82, 2.24) is 14.8 Å². The van der Waals surface area contributed by atoms with Crippen molar-refractivity contribution in [3.63, 3.8) is 0 Å². The third-order valence-corrected chi connectivity index (χ3v) is 6.00. The molecule has 0 aliphatic carbocycles. The van der Waals surface area contributed by atoms with Crippen LogP contribution >= 0.6 is 11.3 Å². The lowest BCUT2D eigenvalue weighted by molar-refractivity contribution is 0.291. The summed E-state index contributed by atoms with van der Waals surface area (Å²) in [7, 11) is -3.57. The standard InChI is InChI=1S/C15H16N4O3S2/c1-12-5-6-15(23-12)24(20,21)18-13-3-2-4-14(9-13)22-8-7-19-11-16-10-17-19/h2-6,9-11,18H,7-8H2,1H3. The minimum absolute atomic E-state index is 0.289. The van der Waals surface area contributed by atoms with Gasteiger partial charge in [0.25, 0.3) is 10.0 Å². The van der Waals surface area contributed by atoms with Crippen LogP contribution < -0.4 is 9.46 Å². The highest BCUT2D eigenvalue weighted by Gasteiger charge is 2.16. The van der Waals surface area contributed by atoms with Crippen LogP contribution in [0.3, 0.4) is 0 Å². The van der Waals surface area contributed by atoms with Crippen molar-refractivity contribution >= 4 is 27.0 Å². The highest BCUT2D eigenvalue weighted by atomic mass is 32.2. The van der Waals surface area contributed by atoms with Crippen LogP contribution in [0.4, 0.5) is 5.69 Å². The molecule has 2 heterocycles. The van der Waals surface area contributed by atoms with E-state index in [0.717, 1.165) is 4.88 Å². The Bertz CT molecular complexity index is 904. The van der Waals surface area contributed by atoms with E-state index in [1.807, 2.05) is 6.92 Å². The smallest absolute Gasteiger partial charge is 0.271 e. The van der Waals surface area contributed by atoms with E-state index < -0.39 is 10.0 Å². The van der Waals surface area contributed by atoms with Crippen LogP contribution in [0, 0.1) is 6.92 Å². The predicted molar refractivity (Wildman–Crippen MR) is 91.8 cm³/mol. The molecular weight excluding hydrogens is 348 g/mol. The maximum absolute atomic E-state index is 12.3. The Morgan fingerprint density at radius 1 is 1.29 bits per heavy atom. The molecule has 0 amide bonds. The van der Waals surface area contributed by atoms with E-state index in [0.29, 0.717) is 24.6 Å². The number of thiophene rings is 1. The van der Waals surface area contributed by atoms with E-state index >= 15 is 0 Å². The molecule has 0 bridgehead atoms. The molecule has 0 aliphatic heterocycles. The summed E-state index contributed by atoms with van der Waals surface area (Å²) < 4.78 is 34.8. The number of hydrogen-bond donors (Lipinski definition) is 1. The molecule has 3 rings (SSSR count). The molecule has 2 aromatic heterocycles. The Balaban J connectivity index is 1.64. The third kappa shape index (κ3) is 4.12. The van der Waals surface area contributed by atoms with Crippen molar-refractivity contribution in [1.29, 1.82) is 0 Å². The van der Waals surface area contributed by atoms with Gasteiger partial charge in [-0.3, -0.25) is 4.72 Å². The summed E-state index contributed by atoms with van der Waals surface area (Å²) in [4.78, 5) is 4.80. The second kappa shape index (κ2) is 7.02. The summed E-state index contributed by atoms with van der Waals surface area (Å²) in [6.45, 7) is 2.83. The maximum Gasteiger partial charge on any atom is 0.271 e. The van der Waals surface area contributed by atoms with Crippen molar-refractivity contribution in [3.8, 4) is 5.75 Å². The number of nitrogens with zero attached hydrogens (tertiary/aromatic N) is 3. The van der Waals surface area contributed by atoms with Gasteiger partial charge in [0.15, 0.2) is 0 Å². The second-order valence-corrected chi connectivity index (χ2v) is 8.20. The molecule has 7 nitrogen and oxygen atoms in total. The minimum atomic E-state index is -3.57. The average Bonchev–Trinajstić information content (AvgIpc) is 3.19. The lowest BCUT2D eigenvalue weighted by atomic mass is 10.3. The van der Waals surface area contributed by atoms with Crippen molar-refractivity contribution in [2.75, 3.05) is 11.3 Å². The van der Waals surface area contributed by atoms with Crippen LogP contribution in [-0.2, 0) is 16.6 Å². The lowest BCUT2D eigenvalue weighted by Gasteiger charge is -2.09. The highest BCUT2D eigenvalue weighted by Crippen LogP contribution is 2.25. The van der Waals surface area contributed by atoms with E-state index in [1.165, 1.54) is 17.7 Å². The fraction of sp³-hybridized carbons (Fsp3) is 0.200. The van der Waals surface area contributed by atoms with Gasteiger partial charge in [-0.1, -0.05) is 6.07 Å². The number of benzene rings is 1. The third-order valence-electron chi connectivity index (χ3n) is 3.12. The van der Waals surface area contributed by atoms with Gasteiger partial charge in [0, 0.05) is 10.9 Å². The molecule has 0 radical (unpaired) electrons. The van der Waals surface area contributed by atoms with Gasteiger partial charge >= 0.3 is 0 Å². The van der Waals surface area contributed by atoms with Crippen LogP contribution in [0.2, 0.25) is 0 Å². The van der Waals surface area contributed by atoms with E-state index in [4.69, 9.17) is 4.74 Å². The summed E-state index contributed by atoms with van der Waals surface area (Å²) in [6.07, 6.45) is 3.07. The molecular formula is C15H16N4O3S2. The van der Waals surface area contributed by atoms with Gasteiger partial charge in [0.2, 0.25) is 0 Å². The van der Waals surface area contributed by atoms with E-state index in [2.05, 4.69) is 14.8 Å². The first-order valence-corrected chi connectivity index (χ1v) is 9.47. The van der Waals surface area contributed by atoms with Crippen LogP contribution in [-0.4, -0.2) is 29.8 Å². The highest BCUT2D eigenvalue weighted by molar-refractivity contribution is 7.94. The Kier molecular flexibility index (Phi) is 4.81. The zero-order chi connectivity index (χ0) is 17.0. The van der Waals surface area contributed by atoms with Gasteiger partial charge in [-0.2, -0.15) is 5.10 Å². The van der Waals surface area contributed by atoms with Crippen molar-refractivity contribution in [3.05, 3.63) is 53.9 Å². The second-order valence-electron chi connectivity index (χ2n) is 5.01. The first-order chi connectivity index (χ1) is 11.5. The first kappa shape index (κ1) is 16.5. The van der Waals surface area contributed by atoms with E-state index in [9.17, 15) is 8.42 Å². The van der Waals surface area contributed by atoms with E-state index in [1.54, 1.807) is 47.4 Å². The number of anilines is 1. The number of ether oxygens (including phenoxy) is 1. The molecule has 0 aliphatic rings. The average molecular weight is 364 g/mol. The fourth-order valence-corrected chi connectivity index (χ4v) is 4.35. The molecule has 24 heavy (non-hydrogen) atoms.